The average molecular weight is 414 g/mol. The molecule has 30 heavy (non-hydrogen) atoms. The summed E-state index contributed by atoms with van der Waals surface area (Å²) in [5.74, 6) is 0.422. The Hall–Kier alpha value is -2.97. The molecule has 0 atom stereocenters. The summed E-state index contributed by atoms with van der Waals surface area (Å²) in [6.07, 6.45) is 8.12. The highest BCUT2D eigenvalue weighted by atomic mass is 19.1. The van der Waals surface area contributed by atoms with Gasteiger partial charge in [-0.25, -0.2) is 14.4 Å². The molecule has 1 aliphatic heterocycles. The van der Waals surface area contributed by atoms with Gasteiger partial charge in [-0.15, -0.1) is 0 Å². The van der Waals surface area contributed by atoms with E-state index in [4.69, 9.17) is 0 Å². The van der Waals surface area contributed by atoms with Crippen molar-refractivity contribution in [3.63, 3.8) is 0 Å². The number of hydrogen-bond donors (Lipinski definition) is 1. The second kappa shape index (κ2) is 9.23. The van der Waals surface area contributed by atoms with Gasteiger partial charge < -0.3 is 15.1 Å². The number of nitrogens with zero attached hydrogens (tertiary/aromatic N) is 5. The number of benzene rings is 1. The average Bonchev–Trinajstić information content (AvgIpc) is 3.03. The Balaban J connectivity index is 1.49. The fourth-order valence-electron chi connectivity index (χ4n) is 4.32. The lowest BCUT2D eigenvalue weighted by Crippen LogP contribution is -2.47. The van der Waals surface area contributed by atoms with Gasteiger partial charge in [-0.05, 0) is 37.1 Å². The highest BCUT2D eigenvalue weighted by Gasteiger charge is 2.30. The molecule has 4 rings (SSSR count). The van der Waals surface area contributed by atoms with E-state index in [-0.39, 0.29) is 22.5 Å². The quantitative estimate of drug-likeness (QED) is 0.450. The second-order valence-electron chi connectivity index (χ2n) is 7.93. The zero-order valence-electron chi connectivity index (χ0n) is 17.0. The number of anilines is 3. The van der Waals surface area contributed by atoms with Crippen LogP contribution in [-0.2, 0) is 0 Å². The topological polar surface area (TPSA) is 87.4 Å². The Kier molecular flexibility index (Phi) is 6.25. The van der Waals surface area contributed by atoms with Gasteiger partial charge in [0.15, 0.2) is 0 Å². The third kappa shape index (κ3) is 4.60. The SMILES string of the molecule is O=[N+]([O-])c1c(NC2CCCCCC2)ncnc1N1CCN(c2ccc(F)cc2)CC1. The van der Waals surface area contributed by atoms with Gasteiger partial charge in [0.25, 0.3) is 0 Å². The van der Waals surface area contributed by atoms with E-state index in [1.54, 1.807) is 12.1 Å². The first-order chi connectivity index (χ1) is 14.6. The fourth-order valence-corrected chi connectivity index (χ4v) is 4.32. The van der Waals surface area contributed by atoms with Gasteiger partial charge in [0.05, 0.1) is 4.92 Å². The largest absolute Gasteiger partial charge is 0.368 e. The van der Waals surface area contributed by atoms with Crippen LogP contribution in [0.4, 0.5) is 27.4 Å². The van der Waals surface area contributed by atoms with Gasteiger partial charge in [0.2, 0.25) is 11.6 Å². The summed E-state index contributed by atoms with van der Waals surface area (Å²) >= 11 is 0. The highest BCUT2D eigenvalue weighted by molar-refractivity contribution is 5.71. The lowest BCUT2D eigenvalue weighted by Gasteiger charge is -2.36. The lowest BCUT2D eigenvalue weighted by molar-refractivity contribution is -0.383. The predicted octanol–water partition coefficient (Wildman–Crippen LogP) is 3.99. The predicted molar refractivity (Wildman–Crippen MR) is 115 cm³/mol. The zero-order valence-corrected chi connectivity index (χ0v) is 17.0. The van der Waals surface area contributed by atoms with Crippen molar-refractivity contribution in [2.75, 3.05) is 41.3 Å². The van der Waals surface area contributed by atoms with Gasteiger partial charge in [-0.1, -0.05) is 25.7 Å². The Morgan fingerprint density at radius 1 is 0.967 bits per heavy atom. The van der Waals surface area contributed by atoms with Gasteiger partial charge >= 0.3 is 5.69 Å². The molecule has 2 fully saturated rings. The molecule has 1 aliphatic carbocycles. The van der Waals surface area contributed by atoms with E-state index in [1.807, 2.05) is 4.90 Å². The van der Waals surface area contributed by atoms with E-state index in [0.717, 1.165) is 31.4 Å². The molecule has 2 aromatic rings. The highest BCUT2D eigenvalue weighted by Crippen LogP contribution is 2.34. The third-order valence-electron chi connectivity index (χ3n) is 5.95. The van der Waals surface area contributed by atoms with Crippen LogP contribution in [-0.4, -0.2) is 47.1 Å². The molecule has 8 nitrogen and oxygen atoms in total. The molecule has 1 saturated carbocycles. The van der Waals surface area contributed by atoms with Crippen LogP contribution in [0.25, 0.3) is 0 Å². The normalized spacial score (nSPS) is 18.2. The summed E-state index contributed by atoms with van der Waals surface area (Å²) in [5.41, 5.74) is 0.904. The molecule has 2 aliphatic rings. The molecule has 0 unspecified atom stereocenters. The molecule has 2 heterocycles. The van der Waals surface area contributed by atoms with Crippen molar-refractivity contribution in [3.05, 3.63) is 46.5 Å². The molecule has 0 spiro atoms. The number of halogens is 1. The maximum absolute atomic E-state index is 13.2. The van der Waals surface area contributed by atoms with E-state index < -0.39 is 0 Å². The summed E-state index contributed by atoms with van der Waals surface area (Å²) < 4.78 is 13.2. The van der Waals surface area contributed by atoms with Crippen molar-refractivity contribution in [1.82, 2.24) is 9.97 Å². The van der Waals surface area contributed by atoms with Gasteiger partial charge in [-0.3, -0.25) is 10.1 Å². The number of rotatable bonds is 5. The van der Waals surface area contributed by atoms with Gasteiger partial charge in [0, 0.05) is 37.9 Å². The minimum absolute atomic E-state index is 0.0445. The summed E-state index contributed by atoms with van der Waals surface area (Å²) in [6.45, 7) is 2.55. The maximum Gasteiger partial charge on any atom is 0.353 e. The van der Waals surface area contributed by atoms with E-state index in [9.17, 15) is 14.5 Å². The first-order valence-corrected chi connectivity index (χ1v) is 10.6. The molecule has 1 aromatic carbocycles. The number of aromatic nitrogens is 2. The van der Waals surface area contributed by atoms with E-state index >= 15 is 0 Å². The molecule has 9 heteroatoms. The smallest absolute Gasteiger partial charge is 0.353 e. The summed E-state index contributed by atoms with van der Waals surface area (Å²) in [5, 5.41) is 15.3. The van der Waals surface area contributed by atoms with Crippen LogP contribution < -0.4 is 15.1 Å². The van der Waals surface area contributed by atoms with Crippen molar-refractivity contribution < 1.29 is 9.31 Å². The third-order valence-corrected chi connectivity index (χ3v) is 5.95. The lowest BCUT2D eigenvalue weighted by atomic mass is 10.1. The minimum Gasteiger partial charge on any atom is -0.368 e. The molecule has 0 amide bonds. The molecule has 0 bridgehead atoms. The molecule has 1 N–H and O–H groups in total. The van der Waals surface area contributed by atoms with E-state index in [1.165, 1.54) is 31.3 Å². The van der Waals surface area contributed by atoms with Crippen molar-refractivity contribution in [2.24, 2.45) is 0 Å². The Bertz CT molecular complexity index is 862. The fraction of sp³-hybridized carbons (Fsp3) is 0.524. The Labute approximate surface area is 175 Å². The van der Waals surface area contributed by atoms with Crippen LogP contribution in [0, 0.1) is 15.9 Å². The standard InChI is InChI=1S/C21H27FN6O2/c22-16-7-9-18(10-8-16)26-11-13-27(14-12-26)21-19(28(29)30)20(23-15-24-21)25-17-5-3-1-2-4-6-17/h7-10,15,17H,1-6,11-14H2,(H,23,24,25). The van der Waals surface area contributed by atoms with Crippen LogP contribution in [0.5, 0.6) is 0 Å². The van der Waals surface area contributed by atoms with Crippen LogP contribution in [0.2, 0.25) is 0 Å². The Morgan fingerprint density at radius 2 is 1.60 bits per heavy atom. The number of nitro groups is 1. The van der Waals surface area contributed by atoms with Crippen LogP contribution >= 0.6 is 0 Å². The summed E-state index contributed by atoms with van der Waals surface area (Å²) in [7, 11) is 0. The number of nitrogens with one attached hydrogen (secondary N) is 1. The molecule has 1 aromatic heterocycles. The van der Waals surface area contributed by atoms with Crippen molar-refractivity contribution in [2.45, 2.75) is 44.6 Å². The van der Waals surface area contributed by atoms with Crippen LogP contribution in [0.15, 0.2) is 30.6 Å². The monoisotopic (exact) mass is 414 g/mol. The number of hydrogen-bond acceptors (Lipinski definition) is 7. The molecular weight excluding hydrogens is 387 g/mol. The minimum atomic E-state index is -0.374. The maximum atomic E-state index is 13.2. The molecule has 0 radical (unpaired) electrons. The van der Waals surface area contributed by atoms with Crippen molar-refractivity contribution in [3.8, 4) is 0 Å². The van der Waals surface area contributed by atoms with E-state index in [0.29, 0.717) is 37.8 Å². The molecular formula is C21H27FN6O2. The first-order valence-electron chi connectivity index (χ1n) is 10.6. The first kappa shape index (κ1) is 20.3. The van der Waals surface area contributed by atoms with Gasteiger partial charge in [0.1, 0.15) is 12.1 Å². The zero-order chi connectivity index (χ0) is 20.9. The Morgan fingerprint density at radius 3 is 2.23 bits per heavy atom. The molecule has 160 valence electrons. The summed E-state index contributed by atoms with van der Waals surface area (Å²) in [6, 6.07) is 6.62. The summed E-state index contributed by atoms with van der Waals surface area (Å²) in [4.78, 5) is 24.1. The van der Waals surface area contributed by atoms with Crippen molar-refractivity contribution in [1.29, 1.82) is 0 Å². The van der Waals surface area contributed by atoms with E-state index in [2.05, 4.69) is 20.2 Å². The number of piperazine rings is 1. The molecule has 1 saturated heterocycles. The van der Waals surface area contributed by atoms with Crippen LogP contribution in [0.1, 0.15) is 38.5 Å². The van der Waals surface area contributed by atoms with Crippen molar-refractivity contribution >= 4 is 23.0 Å². The second-order valence-corrected chi connectivity index (χ2v) is 7.93. The van der Waals surface area contributed by atoms with Crippen LogP contribution in [0.3, 0.4) is 0 Å². The van der Waals surface area contributed by atoms with Gasteiger partial charge in [-0.2, -0.15) is 0 Å².